The second kappa shape index (κ2) is 2.46. The third-order valence-corrected chi connectivity index (χ3v) is 1.24. The number of benzene rings is 1. The zero-order chi connectivity index (χ0) is 8.43. The molecule has 1 aromatic rings. The van der Waals surface area contributed by atoms with Gasteiger partial charge in [-0.25, -0.2) is 4.39 Å². The standard InChI is InChI=1S/C7H5FN2O/c8-5-1-4(3-9)7(11)2-6(5)10/h1-2,11H,10H2. The molecule has 0 aliphatic carbocycles. The van der Waals surface area contributed by atoms with Crippen LogP contribution in [0.3, 0.4) is 0 Å². The number of rotatable bonds is 0. The zero-order valence-electron chi connectivity index (χ0n) is 5.50. The van der Waals surface area contributed by atoms with Gasteiger partial charge in [0.1, 0.15) is 17.6 Å². The number of nitrogen functional groups attached to an aromatic ring is 1. The van der Waals surface area contributed by atoms with Crippen LogP contribution in [0.4, 0.5) is 10.1 Å². The summed E-state index contributed by atoms with van der Waals surface area (Å²) in [6, 6.07) is 3.52. The van der Waals surface area contributed by atoms with Crippen molar-refractivity contribution in [3.05, 3.63) is 23.5 Å². The van der Waals surface area contributed by atoms with E-state index in [1.54, 1.807) is 6.07 Å². The molecule has 0 spiro atoms. The van der Waals surface area contributed by atoms with Gasteiger partial charge in [0.25, 0.3) is 0 Å². The van der Waals surface area contributed by atoms with Crippen molar-refractivity contribution in [1.29, 1.82) is 5.26 Å². The summed E-state index contributed by atoms with van der Waals surface area (Å²) < 4.78 is 12.6. The molecule has 0 radical (unpaired) electrons. The van der Waals surface area contributed by atoms with Crippen molar-refractivity contribution in [2.45, 2.75) is 0 Å². The lowest BCUT2D eigenvalue weighted by atomic mass is 10.2. The lowest BCUT2D eigenvalue weighted by Gasteiger charge is -1.98. The maximum atomic E-state index is 12.6. The van der Waals surface area contributed by atoms with Crippen LogP contribution in [-0.4, -0.2) is 5.11 Å². The van der Waals surface area contributed by atoms with Gasteiger partial charge in [-0.05, 0) is 6.07 Å². The molecule has 4 heteroatoms. The second-order valence-corrected chi connectivity index (χ2v) is 2.00. The lowest BCUT2D eigenvalue weighted by molar-refractivity contribution is 0.472. The van der Waals surface area contributed by atoms with Gasteiger partial charge in [-0.2, -0.15) is 5.26 Å². The molecule has 0 heterocycles. The first-order valence-corrected chi connectivity index (χ1v) is 2.83. The Morgan fingerprint density at radius 3 is 2.73 bits per heavy atom. The summed E-state index contributed by atoms with van der Waals surface area (Å²) >= 11 is 0. The first-order chi connectivity index (χ1) is 5.15. The van der Waals surface area contributed by atoms with Gasteiger partial charge in [0.2, 0.25) is 0 Å². The van der Waals surface area contributed by atoms with Crippen molar-refractivity contribution in [2.24, 2.45) is 0 Å². The van der Waals surface area contributed by atoms with Gasteiger partial charge in [0.15, 0.2) is 0 Å². The highest BCUT2D eigenvalue weighted by Gasteiger charge is 2.05. The van der Waals surface area contributed by atoms with Crippen LogP contribution < -0.4 is 5.73 Å². The molecular weight excluding hydrogens is 147 g/mol. The summed E-state index contributed by atoms with van der Waals surface area (Å²) in [7, 11) is 0. The minimum atomic E-state index is -0.695. The SMILES string of the molecule is N#Cc1cc(F)c(N)cc1O. The summed E-state index contributed by atoms with van der Waals surface area (Å²) in [5.74, 6) is -0.995. The van der Waals surface area contributed by atoms with Crippen LogP contribution in [0.2, 0.25) is 0 Å². The molecular formula is C7H5FN2O. The van der Waals surface area contributed by atoms with Gasteiger partial charge < -0.3 is 10.8 Å². The highest BCUT2D eigenvalue weighted by atomic mass is 19.1. The Morgan fingerprint density at radius 1 is 1.55 bits per heavy atom. The Morgan fingerprint density at radius 2 is 2.18 bits per heavy atom. The van der Waals surface area contributed by atoms with E-state index in [1.807, 2.05) is 0 Å². The van der Waals surface area contributed by atoms with E-state index in [2.05, 4.69) is 0 Å². The molecule has 3 nitrogen and oxygen atoms in total. The van der Waals surface area contributed by atoms with Crippen molar-refractivity contribution in [1.82, 2.24) is 0 Å². The summed E-state index contributed by atoms with van der Waals surface area (Å²) in [6.45, 7) is 0. The lowest BCUT2D eigenvalue weighted by Crippen LogP contribution is -1.91. The van der Waals surface area contributed by atoms with Crippen molar-refractivity contribution < 1.29 is 9.50 Å². The number of hydrogen-bond acceptors (Lipinski definition) is 3. The third kappa shape index (κ3) is 1.22. The molecule has 11 heavy (non-hydrogen) atoms. The van der Waals surface area contributed by atoms with E-state index in [0.717, 1.165) is 12.1 Å². The highest BCUT2D eigenvalue weighted by Crippen LogP contribution is 2.21. The Labute approximate surface area is 62.5 Å². The molecule has 0 aliphatic heterocycles. The number of halogens is 1. The number of nitriles is 1. The maximum Gasteiger partial charge on any atom is 0.147 e. The molecule has 1 aromatic carbocycles. The Bertz CT molecular complexity index is 330. The first kappa shape index (κ1) is 7.35. The average Bonchev–Trinajstić information content (AvgIpc) is 1.97. The predicted molar refractivity (Wildman–Crippen MR) is 37.2 cm³/mol. The second-order valence-electron chi connectivity index (χ2n) is 2.00. The number of nitrogens with two attached hydrogens (primary N) is 1. The predicted octanol–water partition coefficient (Wildman–Crippen LogP) is 0.985. The number of aromatic hydroxyl groups is 1. The van der Waals surface area contributed by atoms with Crippen molar-refractivity contribution in [2.75, 3.05) is 5.73 Å². The van der Waals surface area contributed by atoms with Crippen LogP contribution >= 0.6 is 0 Å². The molecule has 56 valence electrons. The zero-order valence-corrected chi connectivity index (χ0v) is 5.50. The summed E-state index contributed by atoms with van der Waals surface area (Å²) in [6.07, 6.45) is 0. The van der Waals surface area contributed by atoms with Gasteiger partial charge in [-0.3, -0.25) is 0 Å². The van der Waals surface area contributed by atoms with Crippen molar-refractivity contribution >= 4 is 5.69 Å². The largest absolute Gasteiger partial charge is 0.506 e. The molecule has 0 fully saturated rings. The van der Waals surface area contributed by atoms with E-state index in [-0.39, 0.29) is 17.0 Å². The van der Waals surface area contributed by atoms with Crippen molar-refractivity contribution in [3.8, 4) is 11.8 Å². The minimum Gasteiger partial charge on any atom is -0.506 e. The fraction of sp³-hybridized carbons (Fsp3) is 0. The van der Waals surface area contributed by atoms with E-state index in [9.17, 15) is 4.39 Å². The van der Waals surface area contributed by atoms with Gasteiger partial charge in [-0.1, -0.05) is 0 Å². The Kier molecular flexibility index (Phi) is 1.65. The number of nitrogens with zero attached hydrogens (tertiary/aromatic N) is 1. The first-order valence-electron chi connectivity index (χ1n) is 2.83. The number of phenolic OH excluding ortho intramolecular Hbond substituents is 1. The number of hydrogen-bond donors (Lipinski definition) is 2. The molecule has 3 N–H and O–H groups in total. The fourth-order valence-corrected chi connectivity index (χ4v) is 0.668. The molecule has 1 rings (SSSR count). The normalized spacial score (nSPS) is 9.09. The molecule has 0 bridgehead atoms. The molecule has 0 saturated heterocycles. The van der Waals surface area contributed by atoms with Gasteiger partial charge in [0, 0.05) is 6.07 Å². The molecule has 0 unspecified atom stereocenters. The Balaban J connectivity index is 3.35. The molecule has 0 aromatic heterocycles. The topological polar surface area (TPSA) is 70.0 Å². The van der Waals surface area contributed by atoms with E-state index < -0.39 is 5.82 Å². The summed E-state index contributed by atoms with van der Waals surface area (Å²) in [4.78, 5) is 0. The highest BCUT2D eigenvalue weighted by molar-refractivity contribution is 5.53. The van der Waals surface area contributed by atoms with Gasteiger partial charge >= 0.3 is 0 Å². The Hall–Kier alpha value is -1.76. The van der Waals surface area contributed by atoms with Gasteiger partial charge in [-0.15, -0.1) is 0 Å². The van der Waals surface area contributed by atoms with E-state index in [4.69, 9.17) is 16.1 Å². The van der Waals surface area contributed by atoms with Crippen LogP contribution in [0.5, 0.6) is 5.75 Å². The number of phenols is 1. The van der Waals surface area contributed by atoms with E-state index in [0.29, 0.717) is 0 Å². The van der Waals surface area contributed by atoms with Gasteiger partial charge in [0.05, 0.1) is 11.3 Å². The minimum absolute atomic E-state index is 0.114. The molecule has 0 saturated carbocycles. The fourth-order valence-electron chi connectivity index (χ4n) is 0.668. The molecule has 0 amide bonds. The van der Waals surface area contributed by atoms with Crippen LogP contribution in [0.1, 0.15) is 5.56 Å². The van der Waals surface area contributed by atoms with Crippen LogP contribution in [0.15, 0.2) is 12.1 Å². The number of anilines is 1. The summed E-state index contributed by atoms with van der Waals surface area (Å²) in [5, 5.41) is 17.3. The smallest absolute Gasteiger partial charge is 0.147 e. The average molecular weight is 152 g/mol. The molecule has 0 atom stereocenters. The third-order valence-electron chi connectivity index (χ3n) is 1.24. The van der Waals surface area contributed by atoms with Crippen molar-refractivity contribution in [3.63, 3.8) is 0 Å². The monoisotopic (exact) mass is 152 g/mol. The van der Waals surface area contributed by atoms with Crippen LogP contribution in [-0.2, 0) is 0 Å². The van der Waals surface area contributed by atoms with E-state index in [1.165, 1.54) is 0 Å². The molecule has 0 aliphatic rings. The van der Waals surface area contributed by atoms with E-state index >= 15 is 0 Å². The van der Waals surface area contributed by atoms with Crippen LogP contribution in [0.25, 0.3) is 0 Å². The summed E-state index contributed by atoms with van der Waals surface area (Å²) in [5.41, 5.74) is 4.82. The quantitative estimate of drug-likeness (QED) is 0.544. The maximum absolute atomic E-state index is 12.6. The van der Waals surface area contributed by atoms with Crippen LogP contribution in [0, 0.1) is 17.1 Å².